The molecule has 134 valence electrons. The van der Waals surface area contributed by atoms with Crippen molar-refractivity contribution >= 4 is 35.6 Å². The van der Waals surface area contributed by atoms with E-state index in [1.54, 1.807) is 0 Å². The number of guanidine groups is 1. The van der Waals surface area contributed by atoms with Gasteiger partial charge in [0.1, 0.15) is 0 Å². The second-order valence-electron chi connectivity index (χ2n) is 5.98. The Labute approximate surface area is 167 Å². The van der Waals surface area contributed by atoms with Gasteiger partial charge in [-0.1, -0.05) is 24.3 Å². The minimum Gasteiger partial charge on any atom is -0.369 e. The third-order valence-corrected chi connectivity index (χ3v) is 4.27. The molecule has 1 atom stereocenters. The van der Waals surface area contributed by atoms with Gasteiger partial charge in [0.05, 0.1) is 0 Å². The molecule has 0 radical (unpaired) electrons. The summed E-state index contributed by atoms with van der Waals surface area (Å²) in [4.78, 5) is 11.1. The van der Waals surface area contributed by atoms with E-state index in [9.17, 15) is 0 Å². The normalized spacial score (nSPS) is 17.1. The maximum absolute atomic E-state index is 4.34. The molecule has 1 aromatic carbocycles. The zero-order chi connectivity index (χ0) is 16.6. The van der Waals surface area contributed by atoms with Crippen molar-refractivity contribution in [2.75, 3.05) is 31.6 Å². The summed E-state index contributed by atoms with van der Waals surface area (Å²) in [5, 5.41) is 6.91. The van der Waals surface area contributed by atoms with Gasteiger partial charge in [0.25, 0.3) is 0 Å². The number of halogens is 1. The molecule has 5 nitrogen and oxygen atoms in total. The number of aromatic nitrogens is 1. The number of pyridine rings is 1. The first-order chi connectivity index (χ1) is 11.8. The topological polar surface area (TPSA) is 52.6 Å². The second-order valence-corrected chi connectivity index (χ2v) is 5.98. The van der Waals surface area contributed by atoms with Gasteiger partial charge in [0, 0.05) is 56.7 Å². The average Bonchev–Trinajstić information content (AvgIpc) is 3.11. The van der Waals surface area contributed by atoms with Crippen LogP contribution in [0, 0.1) is 0 Å². The highest BCUT2D eigenvalue weighted by atomic mass is 127. The first-order valence-corrected chi connectivity index (χ1v) is 8.52. The molecule has 25 heavy (non-hydrogen) atoms. The van der Waals surface area contributed by atoms with Crippen LogP contribution in [0.1, 0.15) is 12.1 Å². The van der Waals surface area contributed by atoms with Gasteiger partial charge in [-0.15, -0.1) is 24.0 Å². The predicted octanol–water partition coefficient (Wildman–Crippen LogP) is 2.69. The summed E-state index contributed by atoms with van der Waals surface area (Å²) in [6, 6.07) is 17.0. The van der Waals surface area contributed by atoms with E-state index in [1.165, 1.54) is 5.69 Å². The molecule has 0 saturated carbocycles. The molecule has 6 heteroatoms. The molecule has 2 N–H and O–H groups in total. The zero-order valence-corrected chi connectivity index (χ0v) is 16.9. The number of aliphatic imine (C=N–C) groups is 1. The molecule has 2 heterocycles. The summed E-state index contributed by atoms with van der Waals surface area (Å²) >= 11 is 0. The molecular weight excluding hydrogens is 425 g/mol. The highest BCUT2D eigenvalue weighted by molar-refractivity contribution is 14.0. The number of nitrogens with zero attached hydrogens (tertiary/aromatic N) is 3. The SMILES string of the molecule is CN=C(NCCc1ccccn1)NC1CCN(c2ccccc2)C1.I. The monoisotopic (exact) mass is 451 g/mol. The molecular formula is C19H26IN5. The predicted molar refractivity (Wildman–Crippen MR) is 115 cm³/mol. The fraction of sp³-hybridized carbons (Fsp3) is 0.368. The Hall–Kier alpha value is -1.83. The van der Waals surface area contributed by atoms with Crippen LogP contribution in [0.4, 0.5) is 5.69 Å². The minimum atomic E-state index is 0. The lowest BCUT2D eigenvalue weighted by atomic mass is 10.2. The van der Waals surface area contributed by atoms with Crippen LogP contribution in [-0.4, -0.2) is 43.7 Å². The van der Waals surface area contributed by atoms with E-state index in [4.69, 9.17) is 0 Å². The second kappa shape index (κ2) is 10.2. The van der Waals surface area contributed by atoms with Crippen molar-refractivity contribution < 1.29 is 0 Å². The van der Waals surface area contributed by atoms with E-state index in [0.29, 0.717) is 6.04 Å². The van der Waals surface area contributed by atoms with Gasteiger partial charge in [-0.25, -0.2) is 0 Å². The lowest BCUT2D eigenvalue weighted by Gasteiger charge is -2.20. The molecule has 0 spiro atoms. The molecule has 1 aliphatic heterocycles. The lowest BCUT2D eigenvalue weighted by molar-refractivity contribution is 0.647. The molecule has 1 aliphatic rings. The Morgan fingerprint density at radius 2 is 2.00 bits per heavy atom. The Kier molecular flexibility index (Phi) is 7.97. The van der Waals surface area contributed by atoms with E-state index in [1.807, 2.05) is 31.4 Å². The summed E-state index contributed by atoms with van der Waals surface area (Å²) in [5.74, 6) is 0.867. The highest BCUT2D eigenvalue weighted by Crippen LogP contribution is 2.19. The van der Waals surface area contributed by atoms with Crippen molar-refractivity contribution in [2.24, 2.45) is 4.99 Å². The Balaban J connectivity index is 0.00000225. The summed E-state index contributed by atoms with van der Waals surface area (Å²) in [7, 11) is 1.82. The molecule has 0 bridgehead atoms. The first kappa shape index (κ1) is 19.5. The summed E-state index contributed by atoms with van der Waals surface area (Å²) in [6.07, 6.45) is 3.84. The van der Waals surface area contributed by atoms with Crippen molar-refractivity contribution in [1.82, 2.24) is 15.6 Å². The highest BCUT2D eigenvalue weighted by Gasteiger charge is 2.23. The van der Waals surface area contributed by atoms with Crippen molar-refractivity contribution in [3.63, 3.8) is 0 Å². The van der Waals surface area contributed by atoms with Gasteiger partial charge in [0.15, 0.2) is 5.96 Å². The number of rotatable bonds is 5. The fourth-order valence-electron chi connectivity index (χ4n) is 2.99. The van der Waals surface area contributed by atoms with Crippen LogP contribution >= 0.6 is 24.0 Å². The van der Waals surface area contributed by atoms with Crippen molar-refractivity contribution in [1.29, 1.82) is 0 Å². The summed E-state index contributed by atoms with van der Waals surface area (Å²) in [5.41, 5.74) is 2.39. The Morgan fingerprint density at radius 1 is 1.20 bits per heavy atom. The fourth-order valence-corrected chi connectivity index (χ4v) is 2.99. The van der Waals surface area contributed by atoms with Gasteiger partial charge in [-0.2, -0.15) is 0 Å². The number of hydrogen-bond acceptors (Lipinski definition) is 3. The minimum absolute atomic E-state index is 0. The van der Waals surface area contributed by atoms with Gasteiger partial charge >= 0.3 is 0 Å². The average molecular weight is 451 g/mol. The van der Waals surface area contributed by atoms with Crippen molar-refractivity contribution in [2.45, 2.75) is 18.9 Å². The third-order valence-electron chi connectivity index (χ3n) is 4.27. The molecule has 1 saturated heterocycles. The number of hydrogen-bond donors (Lipinski definition) is 2. The number of anilines is 1. The van der Waals surface area contributed by atoms with E-state index in [0.717, 1.165) is 44.1 Å². The van der Waals surface area contributed by atoms with Crippen LogP contribution in [0.2, 0.25) is 0 Å². The molecule has 2 aromatic rings. The Morgan fingerprint density at radius 3 is 2.72 bits per heavy atom. The Bertz CT molecular complexity index is 647. The maximum Gasteiger partial charge on any atom is 0.191 e. The molecule has 3 rings (SSSR count). The van der Waals surface area contributed by atoms with E-state index < -0.39 is 0 Å². The van der Waals surface area contributed by atoms with Crippen molar-refractivity contribution in [3.8, 4) is 0 Å². The maximum atomic E-state index is 4.34. The molecule has 1 fully saturated rings. The van der Waals surface area contributed by atoms with Gasteiger partial charge in [0.2, 0.25) is 0 Å². The first-order valence-electron chi connectivity index (χ1n) is 8.52. The van der Waals surface area contributed by atoms with Crippen LogP contribution < -0.4 is 15.5 Å². The van der Waals surface area contributed by atoms with Gasteiger partial charge < -0.3 is 15.5 Å². The molecule has 1 aromatic heterocycles. The molecule has 0 amide bonds. The quantitative estimate of drug-likeness (QED) is 0.417. The van der Waals surface area contributed by atoms with Gasteiger partial charge in [-0.05, 0) is 30.7 Å². The lowest BCUT2D eigenvalue weighted by Crippen LogP contribution is -2.45. The number of nitrogens with one attached hydrogen (secondary N) is 2. The standard InChI is InChI=1S/C19H25N5.HI/c1-20-19(22-13-10-16-7-5-6-12-21-16)23-17-11-14-24(15-17)18-8-3-2-4-9-18;/h2-9,12,17H,10-11,13-15H2,1H3,(H2,20,22,23);1H. The number of para-hydroxylation sites is 1. The smallest absolute Gasteiger partial charge is 0.191 e. The van der Waals surface area contributed by atoms with Crippen molar-refractivity contribution in [3.05, 3.63) is 60.4 Å². The summed E-state index contributed by atoms with van der Waals surface area (Å²) < 4.78 is 0. The van der Waals surface area contributed by atoms with E-state index in [-0.39, 0.29) is 24.0 Å². The van der Waals surface area contributed by atoms with Gasteiger partial charge in [-0.3, -0.25) is 9.98 Å². The van der Waals surface area contributed by atoms with Crippen LogP contribution in [-0.2, 0) is 6.42 Å². The van der Waals surface area contributed by atoms with Crippen LogP contribution in [0.25, 0.3) is 0 Å². The largest absolute Gasteiger partial charge is 0.369 e. The third kappa shape index (κ3) is 5.88. The number of benzene rings is 1. The van der Waals surface area contributed by atoms with Crippen LogP contribution in [0.5, 0.6) is 0 Å². The van der Waals surface area contributed by atoms with E-state index in [2.05, 4.69) is 55.8 Å². The van der Waals surface area contributed by atoms with E-state index >= 15 is 0 Å². The van der Waals surface area contributed by atoms with Crippen LogP contribution in [0.15, 0.2) is 59.7 Å². The summed E-state index contributed by atoms with van der Waals surface area (Å²) in [6.45, 7) is 2.91. The molecule has 0 aliphatic carbocycles. The zero-order valence-electron chi connectivity index (χ0n) is 14.6. The molecule has 1 unspecified atom stereocenters. The van der Waals surface area contributed by atoms with Crippen LogP contribution in [0.3, 0.4) is 0 Å².